The van der Waals surface area contributed by atoms with Crippen LogP contribution >= 0.6 is 0 Å². The molecule has 1 aliphatic heterocycles. The molecule has 0 aliphatic carbocycles. The van der Waals surface area contributed by atoms with E-state index in [2.05, 4.69) is 34.6 Å². The number of aryl methyl sites for hydroxylation is 1. The van der Waals surface area contributed by atoms with Gasteiger partial charge in [0.05, 0.1) is 40.1 Å². The molecule has 1 amide bonds. The number of benzene rings is 2. The Morgan fingerprint density at radius 1 is 1.11 bits per heavy atom. The Balaban J connectivity index is 1.44. The number of rotatable bonds is 11. The van der Waals surface area contributed by atoms with Crippen LogP contribution in [0.1, 0.15) is 69.0 Å². The number of likely N-dealkylation sites (N-methyl/N-ethyl adjacent to an activating group) is 1. The van der Waals surface area contributed by atoms with Crippen molar-refractivity contribution in [2.24, 2.45) is 0 Å². The third kappa shape index (κ3) is 7.33. The zero-order valence-corrected chi connectivity index (χ0v) is 28.6. The molecule has 1 aliphatic rings. The standard InChI is InChI=1S/C34H45N7O4S/c1-21(2)45-29-18-26(24-12-14-41(15-13-24)32(42)20-40(6)7)23(5)16-25(29)17-31-37-33(27-19-35-39-34(27)38-31)36-28-10-8-9-11-30(28)46(43,44)22(3)4/h8-11,16,18-19,21-22,24H,12-15,17,20H2,1-7H3,(H2,35,36,37,38,39). The van der Waals surface area contributed by atoms with Crippen molar-refractivity contribution in [2.45, 2.75) is 76.0 Å². The fraction of sp³-hybridized carbons (Fsp3) is 0.471. The first-order valence-electron chi connectivity index (χ1n) is 15.9. The number of fused-ring (bicyclic) bond motifs is 1. The highest BCUT2D eigenvalue weighted by atomic mass is 32.2. The second-order valence-corrected chi connectivity index (χ2v) is 15.4. The van der Waals surface area contributed by atoms with Gasteiger partial charge in [0.15, 0.2) is 15.5 Å². The number of sulfone groups is 1. The SMILES string of the molecule is Cc1cc(Cc2nc(Nc3ccccc3S(=O)(=O)C(C)C)c3cn[nH]c3n2)c(OC(C)C)cc1C1CCN(C(=O)CN(C)C)CC1. The van der Waals surface area contributed by atoms with Crippen molar-refractivity contribution in [3.05, 3.63) is 65.1 Å². The van der Waals surface area contributed by atoms with Gasteiger partial charge in [-0.15, -0.1) is 0 Å². The lowest BCUT2D eigenvalue weighted by Crippen LogP contribution is -2.42. The largest absolute Gasteiger partial charge is 0.491 e. The molecule has 1 fully saturated rings. The molecule has 2 aromatic carbocycles. The molecule has 11 nitrogen and oxygen atoms in total. The molecular weight excluding hydrogens is 602 g/mol. The van der Waals surface area contributed by atoms with Crippen LogP contribution in [0.2, 0.25) is 0 Å². The lowest BCUT2D eigenvalue weighted by atomic mass is 9.85. The number of anilines is 2. The minimum atomic E-state index is -3.54. The van der Waals surface area contributed by atoms with E-state index in [0.29, 0.717) is 47.2 Å². The number of ether oxygens (including phenoxy) is 1. The van der Waals surface area contributed by atoms with E-state index in [1.54, 1.807) is 44.3 Å². The van der Waals surface area contributed by atoms with Gasteiger partial charge in [0, 0.05) is 25.1 Å². The molecule has 46 heavy (non-hydrogen) atoms. The van der Waals surface area contributed by atoms with E-state index in [1.165, 1.54) is 5.56 Å². The van der Waals surface area contributed by atoms with Crippen molar-refractivity contribution in [3.63, 3.8) is 0 Å². The van der Waals surface area contributed by atoms with E-state index in [9.17, 15) is 13.2 Å². The number of carbonyl (C=O) groups is 1. The fourth-order valence-electron chi connectivity index (χ4n) is 5.94. The number of hydrogen-bond donors (Lipinski definition) is 2. The van der Waals surface area contributed by atoms with Crippen LogP contribution in [0.3, 0.4) is 0 Å². The summed E-state index contributed by atoms with van der Waals surface area (Å²) in [5, 5.41) is 10.5. The third-order valence-corrected chi connectivity index (χ3v) is 10.5. The smallest absolute Gasteiger partial charge is 0.236 e. The number of nitrogens with one attached hydrogen (secondary N) is 2. The summed E-state index contributed by atoms with van der Waals surface area (Å²) in [6.07, 6.45) is 3.81. The third-order valence-electron chi connectivity index (χ3n) is 8.32. The van der Waals surface area contributed by atoms with Gasteiger partial charge in [0.1, 0.15) is 17.4 Å². The van der Waals surface area contributed by atoms with E-state index in [0.717, 1.165) is 42.8 Å². The van der Waals surface area contributed by atoms with Gasteiger partial charge in [-0.05, 0) is 96.8 Å². The first-order chi connectivity index (χ1) is 21.8. The van der Waals surface area contributed by atoms with E-state index < -0.39 is 15.1 Å². The summed E-state index contributed by atoms with van der Waals surface area (Å²) in [5.41, 5.74) is 4.36. The van der Waals surface area contributed by atoms with E-state index in [4.69, 9.17) is 14.7 Å². The summed E-state index contributed by atoms with van der Waals surface area (Å²) in [4.78, 5) is 26.3. The van der Waals surface area contributed by atoms with E-state index in [1.807, 2.05) is 37.7 Å². The lowest BCUT2D eigenvalue weighted by Gasteiger charge is -2.34. The second-order valence-electron chi connectivity index (χ2n) is 12.9. The number of nitrogens with zero attached hydrogens (tertiary/aromatic N) is 5. The fourth-order valence-corrected chi connectivity index (χ4v) is 7.14. The first kappa shape index (κ1) is 33.3. The molecule has 2 N–H and O–H groups in total. The molecule has 5 rings (SSSR count). The van der Waals surface area contributed by atoms with Crippen molar-refractivity contribution in [3.8, 4) is 5.75 Å². The number of amides is 1. The van der Waals surface area contributed by atoms with Gasteiger partial charge in [-0.25, -0.2) is 18.4 Å². The Morgan fingerprint density at radius 2 is 1.83 bits per heavy atom. The maximum atomic E-state index is 13.1. The molecule has 3 heterocycles. The number of aromatic amines is 1. The molecule has 0 bridgehead atoms. The Morgan fingerprint density at radius 3 is 2.50 bits per heavy atom. The Labute approximate surface area is 271 Å². The highest BCUT2D eigenvalue weighted by molar-refractivity contribution is 7.92. The minimum absolute atomic E-state index is 0.0348. The summed E-state index contributed by atoms with van der Waals surface area (Å²) < 4.78 is 32.6. The number of para-hydroxylation sites is 1. The van der Waals surface area contributed by atoms with Gasteiger partial charge in [0.2, 0.25) is 5.91 Å². The summed E-state index contributed by atoms with van der Waals surface area (Å²) in [6, 6.07) is 11.2. The van der Waals surface area contributed by atoms with Crippen LogP contribution in [0.25, 0.3) is 11.0 Å². The number of piperidine rings is 1. The first-order valence-corrected chi connectivity index (χ1v) is 17.4. The van der Waals surface area contributed by atoms with E-state index in [-0.39, 0.29) is 16.9 Å². The number of aromatic nitrogens is 4. The van der Waals surface area contributed by atoms with Gasteiger partial charge >= 0.3 is 0 Å². The van der Waals surface area contributed by atoms with Gasteiger partial charge < -0.3 is 19.9 Å². The van der Waals surface area contributed by atoms with Crippen LogP contribution in [0.4, 0.5) is 11.5 Å². The number of H-pyrrole nitrogens is 1. The zero-order chi connectivity index (χ0) is 33.2. The Bertz CT molecular complexity index is 1810. The molecule has 0 saturated carbocycles. The molecule has 0 atom stereocenters. The summed E-state index contributed by atoms with van der Waals surface area (Å²) >= 11 is 0. The summed E-state index contributed by atoms with van der Waals surface area (Å²) in [6.45, 7) is 11.4. The van der Waals surface area contributed by atoms with Crippen LogP contribution in [-0.2, 0) is 21.1 Å². The van der Waals surface area contributed by atoms with Crippen LogP contribution in [0, 0.1) is 6.92 Å². The van der Waals surface area contributed by atoms with Gasteiger partial charge in [-0.2, -0.15) is 5.10 Å². The molecule has 0 unspecified atom stereocenters. The van der Waals surface area contributed by atoms with Crippen LogP contribution < -0.4 is 10.1 Å². The maximum Gasteiger partial charge on any atom is 0.236 e. The number of carbonyl (C=O) groups excluding carboxylic acids is 1. The number of likely N-dealkylation sites (tertiary alicyclic amines) is 1. The molecular formula is C34H45N7O4S. The molecule has 1 saturated heterocycles. The second kappa shape index (κ2) is 13.8. The Kier molecular flexibility index (Phi) is 9.97. The van der Waals surface area contributed by atoms with Gasteiger partial charge in [-0.1, -0.05) is 18.2 Å². The van der Waals surface area contributed by atoms with E-state index >= 15 is 0 Å². The highest BCUT2D eigenvalue weighted by Crippen LogP contribution is 2.36. The maximum absolute atomic E-state index is 13.1. The molecule has 246 valence electrons. The molecule has 4 aromatic rings. The van der Waals surface area contributed by atoms with Crippen molar-refractivity contribution >= 4 is 38.3 Å². The average molecular weight is 648 g/mol. The molecule has 0 spiro atoms. The molecule has 12 heteroatoms. The highest BCUT2D eigenvalue weighted by Gasteiger charge is 2.27. The monoisotopic (exact) mass is 647 g/mol. The minimum Gasteiger partial charge on any atom is -0.491 e. The summed E-state index contributed by atoms with van der Waals surface area (Å²) in [5.74, 6) is 2.31. The van der Waals surface area contributed by atoms with Crippen molar-refractivity contribution in [1.82, 2.24) is 30.0 Å². The van der Waals surface area contributed by atoms with Crippen LogP contribution in [0.15, 0.2) is 47.5 Å². The predicted molar refractivity (Wildman–Crippen MR) is 181 cm³/mol. The number of hydrogen-bond acceptors (Lipinski definition) is 9. The van der Waals surface area contributed by atoms with Crippen LogP contribution in [-0.4, -0.2) is 89.4 Å². The van der Waals surface area contributed by atoms with Crippen LogP contribution in [0.5, 0.6) is 5.75 Å². The quantitative estimate of drug-likeness (QED) is 0.224. The Hall–Kier alpha value is -4.03. The topological polar surface area (TPSA) is 133 Å². The van der Waals surface area contributed by atoms with Crippen molar-refractivity contribution in [1.29, 1.82) is 0 Å². The van der Waals surface area contributed by atoms with Gasteiger partial charge in [0.25, 0.3) is 0 Å². The normalized spacial score (nSPS) is 14.5. The summed E-state index contributed by atoms with van der Waals surface area (Å²) in [7, 11) is 0.294. The lowest BCUT2D eigenvalue weighted by molar-refractivity contribution is -0.132. The molecule has 0 radical (unpaired) electrons. The predicted octanol–water partition coefficient (Wildman–Crippen LogP) is 5.23. The molecule has 2 aromatic heterocycles. The van der Waals surface area contributed by atoms with Crippen molar-refractivity contribution in [2.75, 3.05) is 39.0 Å². The zero-order valence-electron chi connectivity index (χ0n) is 27.8. The average Bonchev–Trinajstić information content (AvgIpc) is 3.47. The van der Waals surface area contributed by atoms with Crippen molar-refractivity contribution < 1.29 is 17.9 Å². The van der Waals surface area contributed by atoms with Gasteiger partial charge in [-0.3, -0.25) is 9.89 Å².